The Morgan fingerprint density at radius 1 is 1.35 bits per heavy atom. The summed E-state index contributed by atoms with van der Waals surface area (Å²) >= 11 is 3.41. The zero-order valence-corrected chi connectivity index (χ0v) is 13.0. The Labute approximate surface area is 125 Å². The number of nitrogens with zero attached hydrogens (tertiary/aromatic N) is 2. The first kappa shape index (κ1) is 14.7. The molecule has 0 fully saturated rings. The third-order valence-electron chi connectivity index (χ3n) is 3.12. The summed E-state index contributed by atoms with van der Waals surface area (Å²) in [5, 5.41) is 10.2. The minimum atomic E-state index is -0.0761. The van der Waals surface area contributed by atoms with Gasteiger partial charge >= 0.3 is 0 Å². The Bertz CT molecular complexity index is 580. The number of rotatable bonds is 5. The maximum Gasteiger partial charge on any atom is 0.226 e. The second kappa shape index (κ2) is 6.65. The highest BCUT2D eigenvalue weighted by Crippen LogP contribution is 2.17. The van der Waals surface area contributed by atoms with Gasteiger partial charge in [-0.1, -0.05) is 45.3 Å². The molecule has 0 aliphatic carbocycles. The first-order valence-corrected chi connectivity index (χ1v) is 7.15. The van der Waals surface area contributed by atoms with Crippen LogP contribution in [0, 0.1) is 6.92 Å². The minimum Gasteiger partial charge on any atom is -0.355 e. The molecule has 1 atom stereocenters. The summed E-state index contributed by atoms with van der Waals surface area (Å²) in [5.41, 5.74) is 2.42. The van der Waals surface area contributed by atoms with Gasteiger partial charge < -0.3 is 5.32 Å². The number of aromatic nitrogens is 2. The summed E-state index contributed by atoms with van der Waals surface area (Å²) in [6, 6.07) is 8.09. The Morgan fingerprint density at radius 2 is 2.05 bits per heavy atom. The summed E-state index contributed by atoms with van der Waals surface area (Å²) in [4.78, 5) is 11.8. The van der Waals surface area contributed by atoms with E-state index in [0.29, 0.717) is 17.9 Å². The molecule has 1 aromatic heterocycles. The van der Waals surface area contributed by atoms with E-state index in [1.807, 2.05) is 24.3 Å². The van der Waals surface area contributed by atoms with Crippen LogP contribution >= 0.6 is 15.9 Å². The van der Waals surface area contributed by atoms with E-state index in [1.165, 1.54) is 5.56 Å². The molecule has 6 heteroatoms. The zero-order valence-electron chi connectivity index (χ0n) is 11.4. The third kappa shape index (κ3) is 3.90. The maximum atomic E-state index is 11.8. The van der Waals surface area contributed by atoms with Crippen molar-refractivity contribution in [2.75, 3.05) is 6.54 Å². The van der Waals surface area contributed by atoms with Crippen LogP contribution in [-0.2, 0) is 11.2 Å². The van der Waals surface area contributed by atoms with Crippen LogP contribution in [0.25, 0.3) is 0 Å². The Morgan fingerprint density at radius 3 is 2.65 bits per heavy atom. The molecular weight excluding hydrogens is 322 g/mol. The number of hydrogen-bond acceptors (Lipinski definition) is 4. The van der Waals surface area contributed by atoms with Crippen LogP contribution in [-0.4, -0.2) is 22.8 Å². The fraction of sp³-hybridized carbons (Fsp3) is 0.357. The highest BCUT2D eigenvalue weighted by Gasteiger charge is 2.12. The molecule has 0 aliphatic heterocycles. The second-order valence-corrected chi connectivity index (χ2v) is 5.65. The molecule has 106 valence electrons. The van der Waals surface area contributed by atoms with Gasteiger partial charge in [0.05, 0.1) is 6.42 Å². The molecule has 0 aliphatic rings. The fourth-order valence-electron chi connectivity index (χ4n) is 1.80. The number of carbonyl (C=O) groups excluding carboxylic acids is 1. The van der Waals surface area contributed by atoms with Crippen LogP contribution in [0.2, 0.25) is 0 Å². The van der Waals surface area contributed by atoms with Gasteiger partial charge in [0, 0.05) is 11.0 Å². The molecule has 0 saturated heterocycles. The lowest BCUT2D eigenvalue weighted by Gasteiger charge is -2.13. The summed E-state index contributed by atoms with van der Waals surface area (Å²) in [5.74, 6) is 0.177. The number of benzene rings is 1. The molecule has 0 radical (unpaired) electrons. The van der Waals surface area contributed by atoms with E-state index in [1.54, 1.807) is 6.92 Å². The topological polar surface area (TPSA) is 68.0 Å². The van der Waals surface area contributed by atoms with Gasteiger partial charge in [-0.25, -0.2) is 4.63 Å². The van der Waals surface area contributed by atoms with Crippen LogP contribution in [0.3, 0.4) is 0 Å². The molecule has 0 saturated carbocycles. The van der Waals surface area contributed by atoms with E-state index in [0.717, 1.165) is 4.47 Å². The highest BCUT2D eigenvalue weighted by molar-refractivity contribution is 9.10. The van der Waals surface area contributed by atoms with Crippen molar-refractivity contribution in [1.82, 2.24) is 15.6 Å². The van der Waals surface area contributed by atoms with E-state index in [2.05, 4.69) is 43.1 Å². The average molecular weight is 338 g/mol. The predicted molar refractivity (Wildman–Crippen MR) is 78.3 cm³/mol. The van der Waals surface area contributed by atoms with Crippen LogP contribution in [0.4, 0.5) is 0 Å². The van der Waals surface area contributed by atoms with Crippen molar-refractivity contribution in [2.24, 2.45) is 0 Å². The number of hydrogen-bond donors (Lipinski definition) is 1. The van der Waals surface area contributed by atoms with Crippen molar-refractivity contribution in [2.45, 2.75) is 26.2 Å². The lowest BCUT2D eigenvalue weighted by molar-refractivity contribution is -0.120. The molecule has 1 amide bonds. The zero-order chi connectivity index (χ0) is 14.5. The van der Waals surface area contributed by atoms with Crippen molar-refractivity contribution in [1.29, 1.82) is 0 Å². The highest BCUT2D eigenvalue weighted by atomic mass is 79.9. The SMILES string of the molecule is Cc1nonc1CC(=O)NCC(C)c1ccc(Br)cc1. The van der Waals surface area contributed by atoms with Crippen molar-refractivity contribution in [3.63, 3.8) is 0 Å². The normalized spacial score (nSPS) is 12.2. The average Bonchev–Trinajstić information content (AvgIpc) is 2.82. The number of amides is 1. The van der Waals surface area contributed by atoms with E-state index in [9.17, 15) is 4.79 Å². The van der Waals surface area contributed by atoms with Crippen LogP contribution < -0.4 is 5.32 Å². The van der Waals surface area contributed by atoms with Gasteiger partial charge in [-0.3, -0.25) is 4.79 Å². The molecule has 0 bridgehead atoms. The van der Waals surface area contributed by atoms with E-state index < -0.39 is 0 Å². The van der Waals surface area contributed by atoms with Gasteiger partial charge in [0.2, 0.25) is 5.91 Å². The monoisotopic (exact) mass is 337 g/mol. The molecule has 20 heavy (non-hydrogen) atoms. The van der Waals surface area contributed by atoms with E-state index in [4.69, 9.17) is 0 Å². The molecule has 1 unspecified atom stereocenters. The standard InChI is InChI=1S/C14H16BrN3O2/c1-9(11-3-5-12(15)6-4-11)8-16-14(19)7-13-10(2)17-20-18-13/h3-6,9H,7-8H2,1-2H3,(H,16,19). The second-order valence-electron chi connectivity index (χ2n) is 4.73. The Kier molecular flexibility index (Phi) is 4.89. The van der Waals surface area contributed by atoms with E-state index >= 15 is 0 Å². The van der Waals surface area contributed by atoms with Gasteiger partial charge in [0.1, 0.15) is 11.4 Å². The molecule has 1 heterocycles. The number of nitrogens with one attached hydrogen (secondary N) is 1. The van der Waals surface area contributed by atoms with Crippen LogP contribution in [0.1, 0.15) is 29.8 Å². The Hall–Kier alpha value is -1.69. The molecule has 5 nitrogen and oxygen atoms in total. The van der Waals surface area contributed by atoms with Crippen LogP contribution in [0.15, 0.2) is 33.4 Å². The van der Waals surface area contributed by atoms with Gasteiger partial charge in [0.25, 0.3) is 0 Å². The molecule has 1 aromatic carbocycles. The quantitative estimate of drug-likeness (QED) is 0.910. The van der Waals surface area contributed by atoms with Crippen molar-refractivity contribution in [3.8, 4) is 0 Å². The summed E-state index contributed by atoms with van der Waals surface area (Å²) in [6.45, 7) is 4.43. The first-order valence-electron chi connectivity index (χ1n) is 6.36. The minimum absolute atomic E-state index is 0.0761. The smallest absolute Gasteiger partial charge is 0.226 e. The third-order valence-corrected chi connectivity index (χ3v) is 3.65. The summed E-state index contributed by atoms with van der Waals surface area (Å²) in [6.07, 6.45) is 0.197. The van der Waals surface area contributed by atoms with Crippen molar-refractivity contribution >= 4 is 21.8 Å². The van der Waals surface area contributed by atoms with Crippen molar-refractivity contribution < 1.29 is 9.42 Å². The van der Waals surface area contributed by atoms with Gasteiger partial charge in [-0.15, -0.1) is 0 Å². The summed E-state index contributed by atoms with van der Waals surface area (Å²) in [7, 11) is 0. The predicted octanol–water partition coefficient (Wildman–Crippen LogP) is 2.60. The maximum absolute atomic E-state index is 11.8. The molecule has 2 rings (SSSR count). The lowest BCUT2D eigenvalue weighted by Crippen LogP contribution is -2.29. The van der Waals surface area contributed by atoms with Crippen molar-refractivity contribution in [3.05, 3.63) is 45.7 Å². The fourth-order valence-corrected chi connectivity index (χ4v) is 2.06. The largest absolute Gasteiger partial charge is 0.355 e. The van der Waals surface area contributed by atoms with Gasteiger partial charge in [-0.2, -0.15) is 0 Å². The molecular formula is C14H16BrN3O2. The number of carbonyl (C=O) groups is 1. The van der Waals surface area contributed by atoms with Gasteiger partial charge in [-0.05, 0) is 30.5 Å². The van der Waals surface area contributed by atoms with Gasteiger partial charge in [0.15, 0.2) is 0 Å². The number of halogens is 1. The first-order chi connectivity index (χ1) is 9.56. The number of aryl methyl sites for hydroxylation is 1. The molecule has 0 spiro atoms. The molecule has 1 N–H and O–H groups in total. The van der Waals surface area contributed by atoms with Crippen LogP contribution in [0.5, 0.6) is 0 Å². The molecule has 2 aromatic rings. The summed E-state index contributed by atoms with van der Waals surface area (Å²) < 4.78 is 5.62. The Balaban J connectivity index is 1.84. The lowest BCUT2D eigenvalue weighted by atomic mass is 10.0. The van der Waals surface area contributed by atoms with E-state index in [-0.39, 0.29) is 18.2 Å².